The second kappa shape index (κ2) is 6.35. The SMILES string of the molecule is CCC(CC)CC(NN)c1ccc2c(c1)CCC2. The maximum absolute atomic E-state index is 5.76. The van der Waals surface area contributed by atoms with Crippen LogP contribution in [0.15, 0.2) is 18.2 Å². The highest BCUT2D eigenvalue weighted by atomic mass is 15.2. The largest absolute Gasteiger partial charge is 0.271 e. The van der Waals surface area contributed by atoms with Crippen molar-refractivity contribution in [3.63, 3.8) is 0 Å². The molecule has 3 N–H and O–H groups in total. The van der Waals surface area contributed by atoms with Gasteiger partial charge in [-0.25, -0.2) is 0 Å². The molecule has 0 fully saturated rings. The zero-order valence-electron chi connectivity index (χ0n) is 11.7. The van der Waals surface area contributed by atoms with Crippen LogP contribution >= 0.6 is 0 Å². The standard InChI is InChI=1S/C16H26N2/c1-3-12(4-2)10-16(18-17)15-9-8-13-6-5-7-14(13)11-15/h8-9,11-12,16,18H,3-7,10,17H2,1-2H3. The second-order valence-electron chi connectivity index (χ2n) is 5.52. The Balaban J connectivity index is 2.12. The summed E-state index contributed by atoms with van der Waals surface area (Å²) >= 11 is 0. The second-order valence-corrected chi connectivity index (χ2v) is 5.52. The van der Waals surface area contributed by atoms with Crippen molar-refractivity contribution in [3.8, 4) is 0 Å². The lowest BCUT2D eigenvalue weighted by Gasteiger charge is -2.22. The maximum atomic E-state index is 5.76. The number of nitrogens with one attached hydrogen (secondary N) is 1. The number of hydrogen-bond acceptors (Lipinski definition) is 2. The van der Waals surface area contributed by atoms with Crippen LogP contribution in [0.25, 0.3) is 0 Å². The first-order valence-electron chi connectivity index (χ1n) is 7.36. The van der Waals surface area contributed by atoms with E-state index in [-0.39, 0.29) is 0 Å². The Kier molecular flexibility index (Phi) is 4.79. The first-order valence-corrected chi connectivity index (χ1v) is 7.36. The molecular formula is C16H26N2. The third-order valence-electron chi connectivity index (χ3n) is 4.45. The first-order chi connectivity index (χ1) is 8.78. The predicted octanol–water partition coefficient (Wildman–Crippen LogP) is 3.51. The summed E-state index contributed by atoms with van der Waals surface area (Å²) in [5.74, 6) is 6.52. The van der Waals surface area contributed by atoms with Crippen LogP contribution in [0.5, 0.6) is 0 Å². The van der Waals surface area contributed by atoms with Gasteiger partial charge in [-0.15, -0.1) is 0 Å². The van der Waals surface area contributed by atoms with Crippen LogP contribution in [0, 0.1) is 5.92 Å². The Bertz CT molecular complexity index is 383. The molecule has 0 aliphatic heterocycles. The fraction of sp³-hybridized carbons (Fsp3) is 0.625. The minimum Gasteiger partial charge on any atom is -0.271 e. The third-order valence-corrected chi connectivity index (χ3v) is 4.45. The summed E-state index contributed by atoms with van der Waals surface area (Å²) < 4.78 is 0. The predicted molar refractivity (Wildman–Crippen MR) is 77.2 cm³/mol. The van der Waals surface area contributed by atoms with Crippen molar-refractivity contribution >= 4 is 0 Å². The number of nitrogens with two attached hydrogens (primary N) is 1. The molecule has 1 aliphatic carbocycles. The molecule has 2 rings (SSSR count). The normalized spacial score (nSPS) is 16.0. The van der Waals surface area contributed by atoms with Crippen molar-refractivity contribution in [3.05, 3.63) is 34.9 Å². The van der Waals surface area contributed by atoms with Gasteiger partial charge >= 0.3 is 0 Å². The van der Waals surface area contributed by atoms with Crippen molar-refractivity contribution in [2.75, 3.05) is 0 Å². The number of hydrazine groups is 1. The highest BCUT2D eigenvalue weighted by Gasteiger charge is 2.17. The Labute approximate surface area is 111 Å². The molecule has 0 amide bonds. The van der Waals surface area contributed by atoms with Crippen LogP contribution in [0.1, 0.15) is 62.3 Å². The highest BCUT2D eigenvalue weighted by Crippen LogP contribution is 2.29. The van der Waals surface area contributed by atoms with Crippen LogP contribution in [-0.4, -0.2) is 0 Å². The lowest BCUT2D eigenvalue weighted by Crippen LogP contribution is -2.29. The fourth-order valence-electron chi connectivity index (χ4n) is 3.06. The van der Waals surface area contributed by atoms with E-state index in [2.05, 4.69) is 37.5 Å². The van der Waals surface area contributed by atoms with Crippen LogP contribution in [0.2, 0.25) is 0 Å². The van der Waals surface area contributed by atoms with E-state index in [1.54, 1.807) is 0 Å². The third kappa shape index (κ3) is 2.93. The molecule has 0 bridgehead atoms. The Hall–Kier alpha value is -0.860. The Morgan fingerprint density at radius 2 is 1.89 bits per heavy atom. The molecule has 1 aliphatic rings. The molecule has 2 nitrogen and oxygen atoms in total. The molecule has 0 spiro atoms. The summed E-state index contributed by atoms with van der Waals surface area (Å²) in [4.78, 5) is 0. The fourth-order valence-corrected chi connectivity index (χ4v) is 3.06. The van der Waals surface area contributed by atoms with Gasteiger partial charge in [-0.05, 0) is 48.3 Å². The van der Waals surface area contributed by atoms with Gasteiger partial charge in [0.25, 0.3) is 0 Å². The van der Waals surface area contributed by atoms with Gasteiger partial charge in [-0.2, -0.15) is 0 Å². The summed E-state index contributed by atoms with van der Waals surface area (Å²) in [5, 5.41) is 0. The molecule has 0 aromatic heterocycles. The zero-order chi connectivity index (χ0) is 13.0. The van der Waals surface area contributed by atoms with Gasteiger partial charge in [0.1, 0.15) is 0 Å². The van der Waals surface area contributed by atoms with Crippen molar-refractivity contribution in [1.29, 1.82) is 0 Å². The minimum absolute atomic E-state index is 0.306. The van der Waals surface area contributed by atoms with E-state index < -0.39 is 0 Å². The zero-order valence-corrected chi connectivity index (χ0v) is 11.7. The lowest BCUT2D eigenvalue weighted by molar-refractivity contribution is 0.375. The van der Waals surface area contributed by atoms with E-state index in [0.29, 0.717) is 6.04 Å². The van der Waals surface area contributed by atoms with E-state index in [4.69, 9.17) is 5.84 Å². The molecule has 100 valence electrons. The summed E-state index contributed by atoms with van der Waals surface area (Å²) in [5.41, 5.74) is 7.45. The van der Waals surface area contributed by atoms with E-state index in [1.807, 2.05) is 0 Å². The number of rotatable bonds is 6. The first kappa shape index (κ1) is 13.6. The lowest BCUT2D eigenvalue weighted by atomic mass is 9.90. The quantitative estimate of drug-likeness (QED) is 0.595. The van der Waals surface area contributed by atoms with E-state index in [1.165, 1.54) is 48.8 Å². The molecule has 1 atom stereocenters. The van der Waals surface area contributed by atoms with Crippen LogP contribution in [-0.2, 0) is 12.8 Å². The summed E-state index contributed by atoms with van der Waals surface area (Å²) in [6, 6.07) is 7.24. The van der Waals surface area contributed by atoms with Gasteiger partial charge < -0.3 is 0 Å². The van der Waals surface area contributed by atoms with Crippen LogP contribution in [0.3, 0.4) is 0 Å². The smallest absolute Gasteiger partial charge is 0.0462 e. The van der Waals surface area contributed by atoms with Gasteiger partial charge in [-0.1, -0.05) is 44.9 Å². The summed E-state index contributed by atoms with van der Waals surface area (Å²) in [6.45, 7) is 4.54. The van der Waals surface area contributed by atoms with Gasteiger partial charge in [0, 0.05) is 6.04 Å². The molecular weight excluding hydrogens is 220 g/mol. The van der Waals surface area contributed by atoms with Gasteiger partial charge in [-0.3, -0.25) is 11.3 Å². The van der Waals surface area contributed by atoms with Crippen molar-refractivity contribution in [2.45, 2.75) is 58.4 Å². The highest BCUT2D eigenvalue weighted by molar-refractivity contribution is 5.36. The van der Waals surface area contributed by atoms with Crippen LogP contribution < -0.4 is 11.3 Å². The van der Waals surface area contributed by atoms with Crippen molar-refractivity contribution in [2.24, 2.45) is 11.8 Å². The van der Waals surface area contributed by atoms with Crippen molar-refractivity contribution in [1.82, 2.24) is 5.43 Å². The minimum atomic E-state index is 0.306. The van der Waals surface area contributed by atoms with E-state index in [9.17, 15) is 0 Å². The number of benzene rings is 1. The Morgan fingerprint density at radius 1 is 1.17 bits per heavy atom. The molecule has 2 heteroatoms. The monoisotopic (exact) mass is 246 g/mol. The van der Waals surface area contributed by atoms with Gasteiger partial charge in [0.15, 0.2) is 0 Å². The molecule has 1 unspecified atom stereocenters. The number of fused-ring (bicyclic) bond motifs is 1. The van der Waals surface area contributed by atoms with Gasteiger partial charge in [0.2, 0.25) is 0 Å². The Morgan fingerprint density at radius 3 is 2.56 bits per heavy atom. The molecule has 1 aromatic rings. The molecule has 1 aromatic carbocycles. The average molecular weight is 246 g/mol. The topological polar surface area (TPSA) is 38.0 Å². The molecule has 0 saturated carbocycles. The molecule has 18 heavy (non-hydrogen) atoms. The molecule has 0 heterocycles. The van der Waals surface area contributed by atoms with Crippen molar-refractivity contribution < 1.29 is 0 Å². The van der Waals surface area contributed by atoms with Gasteiger partial charge in [0.05, 0.1) is 0 Å². The molecule has 0 radical (unpaired) electrons. The number of hydrogen-bond donors (Lipinski definition) is 2. The van der Waals surface area contributed by atoms with Crippen LogP contribution in [0.4, 0.5) is 0 Å². The van der Waals surface area contributed by atoms with E-state index >= 15 is 0 Å². The number of aryl methyl sites for hydroxylation is 2. The average Bonchev–Trinajstić information content (AvgIpc) is 2.87. The maximum Gasteiger partial charge on any atom is 0.0462 e. The molecule has 0 saturated heterocycles. The summed E-state index contributed by atoms with van der Waals surface area (Å²) in [6.07, 6.45) is 7.42. The van der Waals surface area contributed by atoms with E-state index in [0.717, 1.165) is 12.3 Å². The summed E-state index contributed by atoms with van der Waals surface area (Å²) in [7, 11) is 0.